The van der Waals surface area contributed by atoms with Gasteiger partial charge < -0.3 is 15.2 Å². The smallest absolute Gasteiger partial charge is 0.416 e. The van der Waals surface area contributed by atoms with E-state index in [9.17, 15) is 27.9 Å². The summed E-state index contributed by atoms with van der Waals surface area (Å²) < 4.78 is 44.4. The number of halogens is 3. The van der Waals surface area contributed by atoms with E-state index < -0.39 is 23.3 Å². The zero-order valence-electron chi connectivity index (χ0n) is 20.3. The van der Waals surface area contributed by atoms with Gasteiger partial charge in [-0.3, -0.25) is 4.79 Å². The van der Waals surface area contributed by atoms with Crippen molar-refractivity contribution in [2.75, 3.05) is 0 Å². The number of rotatable bonds is 9. The van der Waals surface area contributed by atoms with Crippen molar-refractivity contribution < 1.29 is 32.6 Å². The molecule has 2 N–H and O–H groups in total. The number of nitrogens with zero attached hydrogens (tertiary/aromatic N) is 1. The van der Waals surface area contributed by atoms with E-state index in [0.29, 0.717) is 33.3 Å². The van der Waals surface area contributed by atoms with Gasteiger partial charge in [0.25, 0.3) is 5.91 Å². The summed E-state index contributed by atoms with van der Waals surface area (Å²) in [6.45, 7) is 3.10. The largest absolute Gasteiger partial charge is 0.478 e. The number of amides is 1. The third-order valence-corrected chi connectivity index (χ3v) is 7.57. The number of carbonyl (C=O) groups excluding carboxylic acids is 1. The molecule has 1 amide bonds. The predicted molar refractivity (Wildman–Crippen MR) is 140 cm³/mol. The first kappa shape index (κ1) is 27.3. The number of carbonyl (C=O) groups is 2. The fourth-order valence-electron chi connectivity index (χ4n) is 3.43. The van der Waals surface area contributed by atoms with Crippen LogP contribution in [0.3, 0.4) is 0 Å². The monoisotopic (exact) mass is 560 g/mol. The Kier molecular flexibility index (Phi) is 7.89. The molecule has 0 unspecified atom stereocenters. The number of thiophene rings is 1. The van der Waals surface area contributed by atoms with Crippen LogP contribution in [0.15, 0.2) is 66.0 Å². The summed E-state index contributed by atoms with van der Waals surface area (Å²) in [7, 11) is 0. The van der Waals surface area contributed by atoms with Crippen molar-refractivity contribution >= 4 is 34.6 Å². The Labute approximate surface area is 224 Å². The van der Waals surface area contributed by atoms with Gasteiger partial charge in [-0.1, -0.05) is 30.3 Å². The number of thiazole rings is 1. The molecule has 11 heteroatoms. The highest BCUT2D eigenvalue weighted by Gasteiger charge is 2.31. The van der Waals surface area contributed by atoms with E-state index in [0.717, 1.165) is 33.9 Å². The van der Waals surface area contributed by atoms with Crippen LogP contribution in [0.5, 0.6) is 5.75 Å². The van der Waals surface area contributed by atoms with E-state index in [4.69, 9.17) is 4.74 Å². The molecule has 0 aliphatic carbocycles. The Morgan fingerprint density at radius 1 is 1.03 bits per heavy atom. The van der Waals surface area contributed by atoms with Gasteiger partial charge in [-0.15, -0.1) is 22.7 Å². The lowest BCUT2D eigenvalue weighted by molar-refractivity contribution is -0.152. The number of alkyl halides is 3. The van der Waals surface area contributed by atoms with Crippen LogP contribution in [0.2, 0.25) is 0 Å². The number of benzene rings is 2. The van der Waals surface area contributed by atoms with Crippen molar-refractivity contribution in [3.8, 4) is 16.3 Å². The van der Waals surface area contributed by atoms with Crippen LogP contribution in [0.4, 0.5) is 13.2 Å². The van der Waals surface area contributed by atoms with E-state index in [1.807, 2.05) is 17.5 Å². The molecule has 0 aliphatic heterocycles. The summed E-state index contributed by atoms with van der Waals surface area (Å²) in [4.78, 5) is 30.4. The molecule has 0 radical (unpaired) electrons. The molecule has 0 aliphatic rings. The molecule has 0 fully saturated rings. The maximum Gasteiger partial charge on any atom is 0.416 e. The standard InChI is InChI=1S/C27H23F3N2O4S2/c1-26(2,25(34)35)36-19-11-5-16(6-12-19)15-31-23(33)22-21(14-20-4-3-13-37-20)32-24(38-22)17-7-9-18(10-8-17)27(28,29)30/h3-13H,14-15H2,1-2H3,(H,31,33)(H,34,35). The molecule has 0 bridgehead atoms. The Balaban J connectivity index is 1.51. The van der Waals surface area contributed by atoms with Crippen molar-refractivity contribution in [3.05, 3.63) is 92.6 Å². The minimum Gasteiger partial charge on any atom is -0.478 e. The molecule has 2 aromatic carbocycles. The van der Waals surface area contributed by atoms with Crippen LogP contribution in [0.1, 0.15) is 45.2 Å². The van der Waals surface area contributed by atoms with Crippen molar-refractivity contribution in [3.63, 3.8) is 0 Å². The second-order valence-corrected chi connectivity index (χ2v) is 10.9. The molecular weight excluding hydrogens is 537 g/mol. The first-order chi connectivity index (χ1) is 17.9. The number of hydrogen-bond donors (Lipinski definition) is 2. The molecule has 6 nitrogen and oxygen atoms in total. The molecule has 38 heavy (non-hydrogen) atoms. The Morgan fingerprint density at radius 2 is 1.71 bits per heavy atom. The molecule has 0 spiro atoms. The molecule has 4 aromatic rings. The van der Waals surface area contributed by atoms with Crippen molar-refractivity contribution in [1.82, 2.24) is 10.3 Å². The van der Waals surface area contributed by atoms with Crippen LogP contribution in [0.25, 0.3) is 10.6 Å². The number of ether oxygens (including phenoxy) is 1. The first-order valence-electron chi connectivity index (χ1n) is 11.4. The summed E-state index contributed by atoms with van der Waals surface area (Å²) in [5.74, 6) is -1.05. The highest BCUT2D eigenvalue weighted by Crippen LogP contribution is 2.34. The van der Waals surface area contributed by atoms with Crippen LogP contribution < -0.4 is 10.1 Å². The molecule has 0 saturated carbocycles. The van der Waals surface area contributed by atoms with Gasteiger partial charge in [-0.05, 0) is 55.1 Å². The minimum absolute atomic E-state index is 0.202. The van der Waals surface area contributed by atoms with Crippen LogP contribution in [0, 0.1) is 0 Å². The Morgan fingerprint density at radius 3 is 2.29 bits per heavy atom. The van der Waals surface area contributed by atoms with Crippen molar-refractivity contribution in [2.24, 2.45) is 0 Å². The van der Waals surface area contributed by atoms with Crippen molar-refractivity contribution in [1.29, 1.82) is 0 Å². The average Bonchev–Trinajstić information content (AvgIpc) is 3.53. The Bertz CT molecular complexity index is 1410. The maximum atomic E-state index is 13.2. The first-order valence-corrected chi connectivity index (χ1v) is 13.1. The van der Waals surface area contributed by atoms with Crippen LogP contribution in [-0.4, -0.2) is 27.6 Å². The van der Waals surface area contributed by atoms with Gasteiger partial charge in [0, 0.05) is 23.4 Å². The molecule has 2 aromatic heterocycles. The van der Waals surface area contributed by atoms with Crippen LogP contribution >= 0.6 is 22.7 Å². The van der Waals surface area contributed by atoms with E-state index in [1.54, 1.807) is 24.3 Å². The molecule has 2 heterocycles. The van der Waals surface area contributed by atoms with Gasteiger partial charge in [0.2, 0.25) is 0 Å². The lowest BCUT2D eigenvalue weighted by Gasteiger charge is -2.21. The number of nitrogens with one attached hydrogen (secondary N) is 1. The topological polar surface area (TPSA) is 88.5 Å². The minimum atomic E-state index is -4.44. The highest BCUT2D eigenvalue weighted by molar-refractivity contribution is 7.17. The van der Waals surface area contributed by atoms with E-state index in [-0.39, 0.29) is 12.5 Å². The quantitative estimate of drug-likeness (QED) is 0.239. The number of hydrogen-bond acceptors (Lipinski definition) is 6. The summed E-state index contributed by atoms with van der Waals surface area (Å²) in [5, 5.41) is 14.5. The summed E-state index contributed by atoms with van der Waals surface area (Å²) in [6, 6.07) is 15.2. The van der Waals surface area contributed by atoms with Gasteiger partial charge in [-0.25, -0.2) is 9.78 Å². The fourth-order valence-corrected chi connectivity index (χ4v) is 5.14. The normalized spacial score (nSPS) is 11.8. The number of carboxylic acid groups (broad SMARTS) is 1. The fraction of sp³-hybridized carbons (Fsp3) is 0.222. The Hall–Kier alpha value is -3.70. The highest BCUT2D eigenvalue weighted by atomic mass is 32.1. The molecule has 0 atom stereocenters. The predicted octanol–water partition coefficient (Wildman–Crippen LogP) is 6.65. The average molecular weight is 561 g/mol. The maximum absolute atomic E-state index is 13.2. The lowest BCUT2D eigenvalue weighted by Crippen LogP contribution is -2.37. The number of aliphatic carboxylic acids is 1. The molecule has 0 saturated heterocycles. The zero-order chi connectivity index (χ0) is 27.5. The SMILES string of the molecule is CC(C)(Oc1ccc(CNC(=O)c2sc(-c3ccc(C(F)(F)F)cc3)nc2Cc2cccs2)cc1)C(=O)O. The van der Waals surface area contributed by atoms with Crippen molar-refractivity contribution in [2.45, 2.75) is 38.6 Å². The van der Waals surface area contributed by atoms with Crippen LogP contribution in [-0.2, 0) is 23.9 Å². The van der Waals surface area contributed by atoms with Gasteiger partial charge in [0.05, 0.1) is 11.3 Å². The number of carboxylic acids is 1. The second kappa shape index (κ2) is 11.0. The molecular formula is C27H23F3N2O4S2. The second-order valence-electron chi connectivity index (χ2n) is 8.87. The molecule has 4 rings (SSSR count). The summed E-state index contributed by atoms with van der Waals surface area (Å²) in [6.07, 6.45) is -4.02. The van der Waals surface area contributed by atoms with E-state index in [1.165, 1.54) is 37.3 Å². The van der Waals surface area contributed by atoms with Gasteiger partial charge in [0.15, 0.2) is 5.60 Å². The van der Waals surface area contributed by atoms with Gasteiger partial charge in [-0.2, -0.15) is 13.2 Å². The van der Waals surface area contributed by atoms with Gasteiger partial charge in [0.1, 0.15) is 15.6 Å². The van der Waals surface area contributed by atoms with Gasteiger partial charge >= 0.3 is 12.1 Å². The summed E-state index contributed by atoms with van der Waals surface area (Å²) >= 11 is 2.65. The third-order valence-electron chi connectivity index (χ3n) is 5.55. The summed E-state index contributed by atoms with van der Waals surface area (Å²) in [5.41, 5.74) is -0.325. The third kappa shape index (κ3) is 6.59. The van der Waals surface area contributed by atoms with E-state index >= 15 is 0 Å². The van der Waals surface area contributed by atoms with E-state index in [2.05, 4.69) is 10.3 Å². The lowest BCUT2D eigenvalue weighted by atomic mass is 10.1. The molecule has 198 valence electrons. The zero-order valence-corrected chi connectivity index (χ0v) is 22.0. The number of aromatic nitrogens is 1.